The Morgan fingerprint density at radius 3 is 1.96 bits per heavy atom. The lowest BCUT2D eigenvalue weighted by Crippen LogP contribution is -2.16. The van der Waals surface area contributed by atoms with Crippen LogP contribution in [0.5, 0.6) is 11.5 Å². The van der Waals surface area contributed by atoms with Crippen LogP contribution in [0.2, 0.25) is 0 Å². The largest absolute Gasteiger partial charge is 0.573 e. The van der Waals surface area contributed by atoms with Crippen LogP contribution in [0, 0.1) is 0 Å². The second-order valence-corrected chi connectivity index (χ2v) is 4.35. The van der Waals surface area contributed by atoms with Crippen LogP contribution >= 0.6 is 0 Å². The summed E-state index contributed by atoms with van der Waals surface area (Å²) in [6.45, 7) is 0. The van der Waals surface area contributed by atoms with Crippen molar-refractivity contribution in [2.75, 3.05) is 7.11 Å². The number of benzene rings is 1. The van der Waals surface area contributed by atoms with Gasteiger partial charge in [-0.3, -0.25) is 0 Å². The number of alkyl halides is 6. The molecule has 9 heteroatoms. The van der Waals surface area contributed by atoms with E-state index in [4.69, 9.17) is 4.74 Å². The Balaban J connectivity index is 2.38. The number of ether oxygens (including phenoxy) is 2. The molecule has 0 unspecified atom stereocenters. The minimum Gasteiger partial charge on any atom is -0.497 e. The van der Waals surface area contributed by atoms with Gasteiger partial charge in [0, 0.05) is 17.7 Å². The van der Waals surface area contributed by atoms with Gasteiger partial charge in [-0.1, -0.05) is 0 Å². The summed E-state index contributed by atoms with van der Waals surface area (Å²) in [5.74, 6) is -0.557. The molecule has 0 aliphatic rings. The molecule has 0 saturated carbocycles. The van der Waals surface area contributed by atoms with Crippen LogP contribution < -0.4 is 9.47 Å². The minimum absolute atomic E-state index is 0.0713. The van der Waals surface area contributed by atoms with E-state index in [1.807, 2.05) is 0 Å². The van der Waals surface area contributed by atoms with Crippen LogP contribution in [0.1, 0.15) is 5.69 Å². The fraction of sp³-hybridized carbons (Fsp3) is 0.214. The lowest BCUT2D eigenvalue weighted by Gasteiger charge is -2.12. The molecule has 0 bridgehead atoms. The van der Waals surface area contributed by atoms with E-state index in [2.05, 4.69) is 9.72 Å². The highest BCUT2D eigenvalue weighted by Crippen LogP contribution is 2.33. The number of methoxy groups -OCH3 is 1. The van der Waals surface area contributed by atoms with Gasteiger partial charge in [-0.25, -0.2) is 4.98 Å². The molecule has 0 spiro atoms. The number of halogens is 6. The van der Waals surface area contributed by atoms with Gasteiger partial charge >= 0.3 is 12.5 Å². The molecule has 3 nitrogen and oxygen atoms in total. The van der Waals surface area contributed by atoms with Crippen molar-refractivity contribution in [2.45, 2.75) is 12.5 Å². The van der Waals surface area contributed by atoms with Crippen molar-refractivity contribution >= 4 is 0 Å². The molecule has 0 radical (unpaired) electrons. The standard InChI is InChI=1S/C14H9F6NO2/c1-22-10-6-11(21-12(7-10)13(15,16)17)8-2-4-9(5-3-8)23-14(18,19)20/h2-7H,1H3. The van der Waals surface area contributed by atoms with Gasteiger partial charge in [0.2, 0.25) is 0 Å². The summed E-state index contributed by atoms with van der Waals surface area (Å²) in [7, 11) is 1.19. The molecule has 2 aromatic rings. The zero-order valence-corrected chi connectivity index (χ0v) is 11.5. The van der Waals surface area contributed by atoms with E-state index >= 15 is 0 Å². The molecule has 0 aliphatic carbocycles. The Morgan fingerprint density at radius 1 is 0.870 bits per heavy atom. The third-order valence-corrected chi connectivity index (χ3v) is 2.71. The maximum absolute atomic E-state index is 12.8. The lowest BCUT2D eigenvalue weighted by molar-refractivity contribution is -0.274. The molecule has 0 atom stereocenters. The second kappa shape index (κ2) is 5.98. The molecule has 124 valence electrons. The van der Waals surface area contributed by atoms with Gasteiger partial charge < -0.3 is 9.47 Å². The first-order chi connectivity index (χ1) is 10.6. The second-order valence-electron chi connectivity index (χ2n) is 4.35. The van der Waals surface area contributed by atoms with Crippen molar-refractivity contribution in [2.24, 2.45) is 0 Å². The van der Waals surface area contributed by atoms with Crippen LogP contribution in [0.3, 0.4) is 0 Å². The van der Waals surface area contributed by atoms with E-state index in [9.17, 15) is 26.3 Å². The smallest absolute Gasteiger partial charge is 0.497 e. The van der Waals surface area contributed by atoms with Gasteiger partial charge in [-0.05, 0) is 24.3 Å². The highest BCUT2D eigenvalue weighted by Gasteiger charge is 2.34. The number of hydrogen-bond acceptors (Lipinski definition) is 3. The Kier molecular flexibility index (Phi) is 4.39. The predicted molar refractivity (Wildman–Crippen MR) is 67.9 cm³/mol. The predicted octanol–water partition coefficient (Wildman–Crippen LogP) is 4.67. The molecular formula is C14H9F6NO2. The molecule has 1 aromatic heterocycles. The molecule has 0 saturated heterocycles. The van der Waals surface area contributed by atoms with Crippen LogP contribution in [0.15, 0.2) is 36.4 Å². The van der Waals surface area contributed by atoms with Crippen molar-refractivity contribution in [3.63, 3.8) is 0 Å². The average molecular weight is 337 g/mol. The van der Waals surface area contributed by atoms with Crippen molar-refractivity contribution in [3.8, 4) is 22.8 Å². The Morgan fingerprint density at radius 2 is 1.48 bits per heavy atom. The van der Waals surface area contributed by atoms with Crippen LogP contribution in [-0.2, 0) is 6.18 Å². The molecule has 0 fully saturated rings. The lowest BCUT2D eigenvalue weighted by atomic mass is 10.1. The first kappa shape index (κ1) is 16.9. The zero-order valence-electron chi connectivity index (χ0n) is 11.5. The Labute approximate surface area is 126 Å². The van der Waals surface area contributed by atoms with Crippen molar-refractivity contribution in [1.29, 1.82) is 0 Å². The third kappa shape index (κ3) is 4.51. The molecule has 0 N–H and O–H groups in total. The normalized spacial score (nSPS) is 12.1. The minimum atomic E-state index is -4.85. The van der Waals surface area contributed by atoms with Gasteiger partial charge in [0.1, 0.15) is 17.2 Å². The van der Waals surface area contributed by atoms with Crippen LogP contribution in [0.25, 0.3) is 11.3 Å². The summed E-state index contributed by atoms with van der Waals surface area (Å²) in [6.07, 6.45) is -9.53. The summed E-state index contributed by atoms with van der Waals surface area (Å²) in [6, 6.07) is 6.28. The first-order valence-corrected chi connectivity index (χ1v) is 6.08. The molecular weight excluding hydrogens is 328 g/mol. The molecule has 1 aromatic carbocycles. The van der Waals surface area contributed by atoms with E-state index in [0.717, 1.165) is 18.2 Å². The zero-order chi connectivity index (χ0) is 17.3. The first-order valence-electron chi connectivity index (χ1n) is 6.08. The van der Waals surface area contributed by atoms with Crippen LogP contribution in [0.4, 0.5) is 26.3 Å². The SMILES string of the molecule is COc1cc(-c2ccc(OC(F)(F)F)cc2)nc(C(F)(F)F)c1. The van der Waals surface area contributed by atoms with Gasteiger partial charge in [-0.2, -0.15) is 13.2 Å². The molecule has 2 rings (SSSR count). The molecule has 23 heavy (non-hydrogen) atoms. The summed E-state index contributed by atoms with van der Waals surface area (Å²) in [5, 5.41) is 0. The fourth-order valence-electron chi connectivity index (χ4n) is 1.74. The van der Waals surface area contributed by atoms with Crippen molar-refractivity contribution < 1.29 is 35.8 Å². The van der Waals surface area contributed by atoms with E-state index in [0.29, 0.717) is 0 Å². The van der Waals surface area contributed by atoms with E-state index < -0.39 is 24.0 Å². The summed E-state index contributed by atoms with van der Waals surface area (Å²) in [4.78, 5) is 3.46. The summed E-state index contributed by atoms with van der Waals surface area (Å²) >= 11 is 0. The van der Waals surface area contributed by atoms with Gasteiger partial charge in [0.15, 0.2) is 0 Å². The fourth-order valence-corrected chi connectivity index (χ4v) is 1.74. The van der Waals surface area contributed by atoms with Crippen LogP contribution in [-0.4, -0.2) is 18.5 Å². The molecule has 0 aliphatic heterocycles. The highest BCUT2D eigenvalue weighted by atomic mass is 19.4. The monoisotopic (exact) mass is 337 g/mol. The van der Waals surface area contributed by atoms with E-state index in [1.54, 1.807) is 0 Å². The topological polar surface area (TPSA) is 31.4 Å². The maximum Gasteiger partial charge on any atom is 0.573 e. The molecule has 0 amide bonds. The van der Waals surface area contributed by atoms with E-state index in [1.165, 1.54) is 25.3 Å². The maximum atomic E-state index is 12.8. The number of aromatic nitrogens is 1. The Bertz CT molecular complexity index is 679. The quantitative estimate of drug-likeness (QED) is 0.763. The average Bonchev–Trinajstić information content (AvgIpc) is 2.45. The number of hydrogen-bond donors (Lipinski definition) is 0. The third-order valence-electron chi connectivity index (χ3n) is 2.71. The molecule has 1 heterocycles. The van der Waals surface area contributed by atoms with E-state index in [-0.39, 0.29) is 17.0 Å². The van der Waals surface area contributed by atoms with Gasteiger partial charge in [-0.15, -0.1) is 13.2 Å². The van der Waals surface area contributed by atoms with Crippen molar-refractivity contribution in [3.05, 3.63) is 42.1 Å². The summed E-state index contributed by atoms with van der Waals surface area (Å²) < 4.78 is 83.1. The number of nitrogens with zero attached hydrogens (tertiary/aromatic N) is 1. The Hall–Kier alpha value is -2.45. The van der Waals surface area contributed by atoms with Gasteiger partial charge in [0.05, 0.1) is 12.8 Å². The van der Waals surface area contributed by atoms with Crippen molar-refractivity contribution in [1.82, 2.24) is 4.98 Å². The van der Waals surface area contributed by atoms with Gasteiger partial charge in [0.25, 0.3) is 0 Å². The summed E-state index contributed by atoms with van der Waals surface area (Å²) in [5.41, 5.74) is -1.07. The highest BCUT2D eigenvalue weighted by molar-refractivity contribution is 5.62. The number of pyridine rings is 1. The number of rotatable bonds is 3.